The van der Waals surface area contributed by atoms with Gasteiger partial charge in [0, 0.05) is 23.4 Å². The molecule has 0 spiro atoms. The largest absolute Gasteiger partial charge is 0.383 e. The summed E-state index contributed by atoms with van der Waals surface area (Å²) in [6.07, 6.45) is 0.0736. The summed E-state index contributed by atoms with van der Waals surface area (Å²) < 4.78 is 29.6. The van der Waals surface area contributed by atoms with Crippen LogP contribution in [0.25, 0.3) is 0 Å². The number of fused-ring (bicyclic) bond motifs is 1. The van der Waals surface area contributed by atoms with Crippen LogP contribution in [0.5, 0.6) is 0 Å². The fourth-order valence-electron chi connectivity index (χ4n) is 4.07. The summed E-state index contributed by atoms with van der Waals surface area (Å²) in [4.78, 5) is 26.6. The van der Waals surface area contributed by atoms with Crippen molar-refractivity contribution in [2.24, 2.45) is 5.41 Å². The van der Waals surface area contributed by atoms with Gasteiger partial charge in [-0.05, 0) is 18.4 Å². The molecule has 0 aliphatic heterocycles. The summed E-state index contributed by atoms with van der Waals surface area (Å²) in [7, 11) is -3.94. The fraction of sp³-hybridized carbons (Fsp3) is 0.391. The minimum Gasteiger partial charge on any atom is -0.383 e. The second kappa shape index (κ2) is 9.20. The van der Waals surface area contributed by atoms with E-state index in [1.54, 1.807) is 61.5 Å². The SMILES string of the molecule is CCC1(CC(O)(COS(=O)(=O)CCCCl)c2ccccc2)C(=O)c2ccccc2C1=O. The Hall–Kier alpha value is -2.06. The predicted octanol–water partition coefficient (Wildman–Crippen LogP) is 3.72. The van der Waals surface area contributed by atoms with E-state index in [1.165, 1.54) is 0 Å². The molecule has 0 heterocycles. The third-order valence-corrected chi connectivity index (χ3v) is 7.33. The van der Waals surface area contributed by atoms with E-state index >= 15 is 0 Å². The van der Waals surface area contributed by atoms with E-state index in [4.69, 9.17) is 15.8 Å². The fourth-order valence-corrected chi connectivity index (χ4v) is 5.35. The summed E-state index contributed by atoms with van der Waals surface area (Å²) in [5.41, 5.74) is -2.37. The molecule has 1 aliphatic carbocycles. The van der Waals surface area contributed by atoms with Crippen molar-refractivity contribution in [1.29, 1.82) is 0 Å². The highest BCUT2D eigenvalue weighted by molar-refractivity contribution is 7.86. The third kappa shape index (κ3) is 4.60. The van der Waals surface area contributed by atoms with Crippen molar-refractivity contribution in [3.63, 3.8) is 0 Å². The van der Waals surface area contributed by atoms with E-state index in [0.29, 0.717) is 16.7 Å². The molecule has 166 valence electrons. The number of halogens is 1. The van der Waals surface area contributed by atoms with E-state index in [2.05, 4.69) is 0 Å². The van der Waals surface area contributed by atoms with Crippen LogP contribution in [0.4, 0.5) is 0 Å². The first-order chi connectivity index (χ1) is 14.7. The highest BCUT2D eigenvalue weighted by Gasteiger charge is 2.55. The number of rotatable bonds is 10. The molecular weight excluding hydrogens is 440 g/mol. The second-order valence-electron chi connectivity index (χ2n) is 7.78. The molecule has 0 fully saturated rings. The highest BCUT2D eigenvalue weighted by atomic mass is 35.5. The van der Waals surface area contributed by atoms with Gasteiger partial charge in [-0.15, -0.1) is 11.6 Å². The van der Waals surface area contributed by atoms with Gasteiger partial charge in [-0.25, -0.2) is 0 Å². The lowest BCUT2D eigenvalue weighted by molar-refractivity contribution is -0.0383. The lowest BCUT2D eigenvalue weighted by Crippen LogP contribution is -2.44. The van der Waals surface area contributed by atoms with Crippen molar-refractivity contribution < 1.29 is 27.3 Å². The van der Waals surface area contributed by atoms with Gasteiger partial charge in [0.25, 0.3) is 10.1 Å². The number of benzene rings is 2. The van der Waals surface area contributed by atoms with E-state index in [9.17, 15) is 23.1 Å². The minimum absolute atomic E-state index is 0.158. The van der Waals surface area contributed by atoms with Crippen LogP contribution >= 0.6 is 11.6 Å². The monoisotopic (exact) mass is 464 g/mol. The van der Waals surface area contributed by atoms with Crippen LogP contribution < -0.4 is 0 Å². The van der Waals surface area contributed by atoms with E-state index in [-0.39, 0.29) is 42.5 Å². The van der Waals surface area contributed by atoms with Crippen LogP contribution in [-0.4, -0.2) is 43.3 Å². The first-order valence-electron chi connectivity index (χ1n) is 10.1. The van der Waals surface area contributed by atoms with Crippen LogP contribution in [0, 0.1) is 5.41 Å². The molecule has 0 bridgehead atoms. The number of carbonyl (C=O) groups excluding carboxylic acids is 2. The van der Waals surface area contributed by atoms with Crippen LogP contribution in [0.1, 0.15) is 52.5 Å². The number of alkyl halides is 1. The number of hydrogen-bond acceptors (Lipinski definition) is 6. The van der Waals surface area contributed by atoms with Crippen molar-refractivity contribution in [3.05, 3.63) is 71.3 Å². The van der Waals surface area contributed by atoms with Crippen molar-refractivity contribution in [2.75, 3.05) is 18.2 Å². The summed E-state index contributed by atoms with van der Waals surface area (Å²) >= 11 is 5.58. The van der Waals surface area contributed by atoms with Crippen molar-refractivity contribution in [2.45, 2.75) is 31.8 Å². The zero-order chi connectivity index (χ0) is 22.7. The van der Waals surface area contributed by atoms with Crippen LogP contribution in [0.2, 0.25) is 0 Å². The van der Waals surface area contributed by atoms with Gasteiger partial charge in [-0.3, -0.25) is 13.8 Å². The highest BCUT2D eigenvalue weighted by Crippen LogP contribution is 2.47. The maximum atomic E-state index is 13.3. The van der Waals surface area contributed by atoms with Gasteiger partial charge in [0.2, 0.25) is 0 Å². The molecule has 0 aromatic heterocycles. The van der Waals surface area contributed by atoms with Gasteiger partial charge < -0.3 is 5.11 Å². The van der Waals surface area contributed by atoms with Gasteiger partial charge >= 0.3 is 0 Å². The van der Waals surface area contributed by atoms with Gasteiger partial charge in [0.1, 0.15) is 5.60 Å². The van der Waals surface area contributed by atoms with E-state index in [0.717, 1.165) is 0 Å². The molecule has 3 rings (SSSR count). The Labute approximate surface area is 187 Å². The molecule has 1 aliphatic rings. The topological polar surface area (TPSA) is 97.7 Å². The Kier molecular flexibility index (Phi) is 7.01. The third-order valence-electron chi connectivity index (χ3n) is 5.80. The molecule has 2 aromatic carbocycles. The zero-order valence-corrected chi connectivity index (χ0v) is 18.8. The molecule has 8 heteroatoms. The summed E-state index contributed by atoms with van der Waals surface area (Å²) in [6, 6.07) is 14.9. The lowest BCUT2D eigenvalue weighted by atomic mass is 9.70. The normalized spacial score (nSPS) is 17.4. The molecule has 31 heavy (non-hydrogen) atoms. The maximum absolute atomic E-state index is 13.3. The number of ketones is 2. The Morgan fingerprint density at radius 3 is 2.06 bits per heavy atom. The molecule has 1 unspecified atom stereocenters. The molecule has 1 atom stereocenters. The van der Waals surface area contributed by atoms with Crippen molar-refractivity contribution in [1.82, 2.24) is 0 Å². The van der Waals surface area contributed by atoms with Crippen molar-refractivity contribution in [3.8, 4) is 0 Å². The summed E-state index contributed by atoms with van der Waals surface area (Å²) in [5.74, 6) is -0.861. The molecule has 0 amide bonds. The minimum atomic E-state index is -3.94. The number of hydrogen-bond donors (Lipinski definition) is 1. The zero-order valence-electron chi connectivity index (χ0n) is 17.2. The van der Waals surface area contributed by atoms with Crippen molar-refractivity contribution >= 4 is 33.3 Å². The average molecular weight is 465 g/mol. The number of carbonyl (C=O) groups is 2. The molecule has 1 N–H and O–H groups in total. The molecule has 0 radical (unpaired) electrons. The number of aliphatic hydroxyl groups is 1. The predicted molar refractivity (Wildman–Crippen MR) is 118 cm³/mol. The summed E-state index contributed by atoms with van der Waals surface area (Å²) in [5, 5.41) is 11.6. The van der Waals surface area contributed by atoms with Gasteiger partial charge in [-0.1, -0.05) is 61.5 Å². The lowest BCUT2D eigenvalue weighted by Gasteiger charge is -2.36. The smallest absolute Gasteiger partial charge is 0.267 e. The van der Waals surface area contributed by atoms with E-state index in [1.807, 2.05) is 0 Å². The van der Waals surface area contributed by atoms with E-state index < -0.39 is 27.7 Å². The maximum Gasteiger partial charge on any atom is 0.267 e. The first kappa shape index (κ1) is 23.6. The Balaban J connectivity index is 1.99. The van der Waals surface area contributed by atoms with Crippen LogP contribution in [0.3, 0.4) is 0 Å². The molecule has 0 saturated heterocycles. The quantitative estimate of drug-likeness (QED) is 0.327. The summed E-state index contributed by atoms with van der Waals surface area (Å²) in [6.45, 7) is 1.10. The molecular formula is C23H25ClO6S. The number of Topliss-reactive ketones (excluding diaryl/α,β-unsaturated/α-hetero) is 2. The van der Waals surface area contributed by atoms with Gasteiger partial charge in [0.05, 0.1) is 17.8 Å². The molecule has 6 nitrogen and oxygen atoms in total. The first-order valence-corrected chi connectivity index (χ1v) is 12.2. The van der Waals surface area contributed by atoms with Crippen LogP contribution in [0.15, 0.2) is 54.6 Å². The second-order valence-corrected chi connectivity index (χ2v) is 9.92. The van der Waals surface area contributed by atoms with Gasteiger partial charge in [-0.2, -0.15) is 8.42 Å². The average Bonchev–Trinajstić information content (AvgIpc) is 2.99. The molecule has 0 saturated carbocycles. The standard InChI is InChI=1S/C23H25ClO6S/c1-2-22(20(25)18-11-6-7-12-19(18)21(22)26)15-23(27,17-9-4-3-5-10-17)16-30-31(28,29)14-8-13-24/h3-7,9-12,27H,2,8,13-16H2,1H3. The van der Waals surface area contributed by atoms with Crippen LogP contribution in [-0.2, 0) is 19.9 Å². The molecule has 2 aromatic rings. The Morgan fingerprint density at radius 1 is 1.00 bits per heavy atom. The Bertz CT molecular complexity index is 1030. The Morgan fingerprint density at radius 2 is 1.55 bits per heavy atom. The van der Waals surface area contributed by atoms with Gasteiger partial charge in [0.15, 0.2) is 11.6 Å².